The van der Waals surface area contributed by atoms with E-state index in [9.17, 15) is 17.9 Å². The number of fused-ring (bicyclic) bond motifs is 2. The first-order valence-electron chi connectivity index (χ1n) is 12.1. The zero-order valence-corrected chi connectivity index (χ0v) is 19.7. The third-order valence-electron chi connectivity index (χ3n) is 8.53. The monoisotopic (exact) mass is 470 g/mol. The Bertz CT molecular complexity index is 1170. The maximum Gasteiger partial charge on any atom is 0.235 e. The molecule has 0 bridgehead atoms. The second kappa shape index (κ2) is 7.27. The molecule has 6 rings (SSSR count). The van der Waals surface area contributed by atoms with Crippen molar-refractivity contribution in [1.29, 1.82) is 0 Å². The number of nitrogens with one attached hydrogen (secondary N) is 1. The lowest BCUT2D eigenvalue weighted by Gasteiger charge is -2.32. The molecule has 2 saturated carbocycles. The van der Waals surface area contributed by atoms with E-state index < -0.39 is 21.4 Å². The lowest BCUT2D eigenvalue weighted by atomic mass is 9.87. The van der Waals surface area contributed by atoms with Gasteiger partial charge in [0, 0.05) is 37.9 Å². The number of likely N-dealkylation sites (tertiary alicyclic amines) is 1. The topological polar surface area (TPSA) is 69.6 Å². The van der Waals surface area contributed by atoms with Crippen molar-refractivity contribution in [2.75, 3.05) is 24.4 Å². The predicted molar refractivity (Wildman–Crippen MR) is 126 cm³/mol. The normalized spacial score (nSPS) is 30.2. The van der Waals surface area contributed by atoms with Crippen LogP contribution in [-0.4, -0.2) is 48.9 Å². The van der Waals surface area contributed by atoms with Crippen molar-refractivity contribution >= 4 is 15.7 Å². The van der Waals surface area contributed by atoms with Crippen LogP contribution in [0.25, 0.3) is 0 Å². The summed E-state index contributed by atoms with van der Waals surface area (Å²) in [5.74, 6) is 0.419. The van der Waals surface area contributed by atoms with Crippen LogP contribution < -0.4 is 4.72 Å². The van der Waals surface area contributed by atoms with Crippen molar-refractivity contribution in [3.05, 3.63) is 65.0 Å². The third kappa shape index (κ3) is 3.60. The van der Waals surface area contributed by atoms with Gasteiger partial charge in [-0.3, -0.25) is 9.62 Å². The number of anilines is 1. The molecule has 0 spiro atoms. The van der Waals surface area contributed by atoms with Crippen LogP contribution >= 0.6 is 0 Å². The lowest BCUT2D eigenvalue weighted by molar-refractivity contribution is 0.0139. The van der Waals surface area contributed by atoms with Crippen LogP contribution in [0.3, 0.4) is 0 Å². The van der Waals surface area contributed by atoms with Crippen molar-refractivity contribution in [2.24, 2.45) is 11.8 Å². The van der Waals surface area contributed by atoms with E-state index >= 15 is 0 Å². The molecule has 0 amide bonds. The van der Waals surface area contributed by atoms with Crippen LogP contribution in [0.1, 0.15) is 42.9 Å². The van der Waals surface area contributed by atoms with Gasteiger partial charge in [-0.05, 0) is 66.0 Å². The Hall–Kier alpha value is -1.96. The van der Waals surface area contributed by atoms with Gasteiger partial charge in [0.25, 0.3) is 0 Å². The van der Waals surface area contributed by atoms with Crippen LogP contribution in [0.15, 0.2) is 42.5 Å². The smallest absolute Gasteiger partial charge is 0.235 e. The Kier molecular flexibility index (Phi) is 4.75. The summed E-state index contributed by atoms with van der Waals surface area (Å²) >= 11 is 0. The van der Waals surface area contributed by atoms with Gasteiger partial charge in [0.2, 0.25) is 10.0 Å². The van der Waals surface area contributed by atoms with Gasteiger partial charge in [-0.25, -0.2) is 12.8 Å². The quantitative estimate of drug-likeness (QED) is 0.650. The molecule has 33 heavy (non-hydrogen) atoms. The molecule has 1 heterocycles. The minimum atomic E-state index is -3.43. The standard InChI is InChI=1S/C26H31FN2O3S/c1-2-26(19-9-20(27)11-21(10-19)28-33(31,32)22-7-8-22)23-14-29(15-24(23)26)16-25(30)12-17-5-3-4-6-18(17)13-25/h3-6,9-11,22-24,28,30H,2,7-8,12-16H2,1H3. The fraction of sp³-hybridized carbons (Fsp3) is 0.538. The minimum Gasteiger partial charge on any atom is -0.388 e. The fourth-order valence-corrected chi connectivity index (χ4v) is 8.22. The Labute approximate surface area is 195 Å². The molecule has 2 aromatic carbocycles. The van der Waals surface area contributed by atoms with Crippen molar-refractivity contribution < 1.29 is 17.9 Å². The lowest BCUT2D eigenvalue weighted by Crippen LogP contribution is -2.45. The second-order valence-corrected chi connectivity index (χ2v) is 12.7. The van der Waals surface area contributed by atoms with E-state index in [1.165, 1.54) is 17.2 Å². The molecule has 2 aromatic rings. The summed E-state index contributed by atoms with van der Waals surface area (Å²) in [5.41, 5.74) is 2.90. The molecule has 3 fully saturated rings. The van der Waals surface area contributed by atoms with Gasteiger partial charge < -0.3 is 5.11 Å². The largest absolute Gasteiger partial charge is 0.388 e. The van der Waals surface area contributed by atoms with E-state index in [0.29, 0.717) is 49.8 Å². The number of nitrogens with zero attached hydrogens (tertiary/aromatic N) is 1. The molecular formula is C26H31FN2O3S. The summed E-state index contributed by atoms with van der Waals surface area (Å²) in [5, 5.41) is 10.9. The summed E-state index contributed by atoms with van der Waals surface area (Å²) in [7, 11) is -3.43. The van der Waals surface area contributed by atoms with Gasteiger partial charge in [-0.1, -0.05) is 31.2 Å². The molecule has 1 saturated heterocycles. The van der Waals surface area contributed by atoms with Crippen molar-refractivity contribution in [3.8, 4) is 0 Å². The average molecular weight is 471 g/mol. The molecule has 4 aliphatic rings. The SMILES string of the molecule is CCC1(c2cc(F)cc(NS(=O)(=O)C3CC3)c2)C2CN(CC3(O)Cc4ccccc4C3)CC21. The highest BCUT2D eigenvalue weighted by Gasteiger charge is 2.67. The number of aliphatic hydroxyl groups is 1. The number of sulfonamides is 1. The first kappa shape index (κ1) is 21.6. The zero-order chi connectivity index (χ0) is 23.0. The minimum absolute atomic E-state index is 0.111. The van der Waals surface area contributed by atoms with E-state index in [1.807, 2.05) is 18.2 Å². The van der Waals surface area contributed by atoms with Gasteiger partial charge in [0.1, 0.15) is 5.82 Å². The van der Waals surface area contributed by atoms with Crippen molar-refractivity contribution in [1.82, 2.24) is 4.90 Å². The molecule has 1 aliphatic heterocycles. The number of β-amino-alcohol motifs (C(OH)–C–C–N with tert-alkyl or cyclic N) is 1. The van der Waals surface area contributed by atoms with Gasteiger partial charge in [0.15, 0.2) is 0 Å². The Morgan fingerprint density at radius 1 is 1.09 bits per heavy atom. The molecule has 3 aliphatic carbocycles. The summed E-state index contributed by atoms with van der Waals surface area (Å²) in [4.78, 5) is 2.37. The molecule has 2 atom stereocenters. The van der Waals surface area contributed by atoms with Crippen LogP contribution in [0, 0.1) is 17.7 Å². The molecule has 0 aromatic heterocycles. The van der Waals surface area contributed by atoms with Gasteiger partial charge in [0.05, 0.1) is 16.5 Å². The van der Waals surface area contributed by atoms with Crippen LogP contribution in [-0.2, 0) is 28.3 Å². The first-order valence-corrected chi connectivity index (χ1v) is 13.6. The fourth-order valence-electron chi connectivity index (χ4n) is 6.85. The highest BCUT2D eigenvalue weighted by Crippen LogP contribution is 2.65. The highest BCUT2D eigenvalue weighted by atomic mass is 32.2. The zero-order valence-electron chi connectivity index (χ0n) is 18.9. The molecule has 2 N–H and O–H groups in total. The maximum atomic E-state index is 14.5. The van der Waals surface area contributed by atoms with Crippen LogP contribution in [0.2, 0.25) is 0 Å². The van der Waals surface area contributed by atoms with E-state index in [0.717, 1.165) is 25.1 Å². The molecule has 7 heteroatoms. The summed E-state index contributed by atoms with van der Waals surface area (Å²) in [6.07, 6.45) is 3.64. The van der Waals surface area contributed by atoms with Gasteiger partial charge in [-0.2, -0.15) is 0 Å². The Balaban J connectivity index is 1.17. The number of benzene rings is 2. The number of hydrogen-bond acceptors (Lipinski definition) is 4. The number of hydrogen-bond donors (Lipinski definition) is 2. The molecule has 176 valence electrons. The molecule has 0 radical (unpaired) electrons. The number of rotatable bonds is 7. The average Bonchev–Trinajstić information content (AvgIpc) is 3.62. The van der Waals surface area contributed by atoms with Crippen LogP contribution in [0.4, 0.5) is 10.1 Å². The predicted octanol–water partition coefficient (Wildman–Crippen LogP) is 3.47. The Morgan fingerprint density at radius 2 is 1.73 bits per heavy atom. The van der Waals surface area contributed by atoms with Gasteiger partial charge >= 0.3 is 0 Å². The third-order valence-corrected chi connectivity index (χ3v) is 10.4. The molecular weight excluding hydrogens is 439 g/mol. The summed E-state index contributed by atoms with van der Waals surface area (Å²) in [6.45, 7) is 4.57. The molecule has 5 nitrogen and oxygen atoms in total. The van der Waals surface area contributed by atoms with Crippen molar-refractivity contribution in [3.63, 3.8) is 0 Å². The van der Waals surface area contributed by atoms with E-state index in [4.69, 9.17) is 0 Å². The van der Waals surface area contributed by atoms with E-state index in [1.54, 1.807) is 6.07 Å². The second-order valence-electron chi connectivity index (χ2n) is 10.7. The van der Waals surface area contributed by atoms with E-state index in [2.05, 4.69) is 28.7 Å². The summed E-state index contributed by atoms with van der Waals surface area (Å²) in [6, 6.07) is 13.0. The van der Waals surface area contributed by atoms with E-state index in [-0.39, 0.29) is 10.7 Å². The number of piperidine rings is 1. The maximum absolute atomic E-state index is 14.5. The molecule has 2 unspecified atom stereocenters. The highest BCUT2D eigenvalue weighted by molar-refractivity contribution is 7.93. The number of halogens is 1. The van der Waals surface area contributed by atoms with Crippen LogP contribution in [0.5, 0.6) is 0 Å². The van der Waals surface area contributed by atoms with Crippen molar-refractivity contribution in [2.45, 2.75) is 55.3 Å². The summed E-state index contributed by atoms with van der Waals surface area (Å²) < 4.78 is 41.9. The first-order chi connectivity index (χ1) is 15.7. The Morgan fingerprint density at radius 3 is 2.30 bits per heavy atom. The van der Waals surface area contributed by atoms with Gasteiger partial charge in [-0.15, -0.1) is 0 Å².